The maximum Gasteiger partial charge on any atom is 0.0147 e. The van der Waals surface area contributed by atoms with Crippen molar-refractivity contribution in [3.05, 3.63) is 165 Å². The largest absolute Gasteiger partial charge is 0.0754 e. The lowest BCUT2D eigenvalue weighted by Gasteiger charge is -2.28. The molecular weight excluding hydrogens is 613 g/mol. The molecule has 0 saturated heterocycles. The van der Waals surface area contributed by atoms with Crippen LogP contribution in [-0.4, -0.2) is 0 Å². The molecule has 0 nitrogen and oxygen atoms in total. The van der Waals surface area contributed by atoms with Crippen LogP contribution in [0.15, 0.2) is 121 Å². The molecule has 8 aromatic carbocycles. The fraction of sp³-hybridized carbons (Fsp3) is 0.176. The Morgan fingerprint density at radius 2 is 1.18 bits per heavy atom. The highest BCUT2D eigenvalue weighted by Crippen LogP contribution is 2.43. The van der Waals surface area contributed by atoms with Crippen molar-refractivity contribution in [1.29, 1.82) is 0 Å². The molecule has 2 aliphatic carbocycles. The second kappa shape index (κ2) is 10.8. The fourth-order valence-corrected chi connectivity index (χ4v) is 9.68. The lowest BCUT2D eigenvalue weighted by Crippen LogP contribution is -2.25. The van der Waals surface area contributed by atoms with Gasteiger partial charge >= 0.3 is 0 Å². The highest BCUT2D eigenvalue weighted by atomic mass is 14.3. The lowest BCUT2D eigenvalue weighted by atomic mass is 9.75. The third kappa shape index (κ3) is 4.45. The molecule has 0 heteroatoms. The normalized spacial score (nSPS) is 15.4. The highest BCUT2D eigenvalue weighted by molar-refractivity contribution is 6.26. The number of hydrogen-bond donors (Lipinski definition) is 0. The van der Waals surface area contributed by atoms with Gasteiger partial charge in [0.05, 0.1) is 0 Å². The van der Waals surface area contributed by atoms with Gasteiger partial charge < -0.3 is 0 Å². The van der Waals surface area contributed by atoms with Gasteiger partial charge in [-0.05, 0) is 143 Å². The number of rotatable bonds is 4. The smallest absolute Gasteiger partial charge is 0.0147 e. The SMILES string of the molecule is CC1=CC2CC=c3c(C)cc(-c4cccc(C(C)(C)c5cccc(-c6cc(C)c7ccc8cc(C)cc9ccc6c7c89)c5)c4)c4ccc(c2c34)=C1. The Balaban J connectivity index is 1.10. The second-order valence-electron chi connectivity index (χ2n) is 16.0. The predicted molar refractivity (Wildman–Crippen MR) is 221 cm³/mol. The van der Waals surface area contributed by atoms with Gasteiger partial charge in [0.25, 0.3) is 0 Å². The van der Waals surface area contributed by atoms with Crippen LogP contribution in [-0.2, 0) is 5.41 Å². The minimum absolute atomic E-state index is 0.200. The fourth-order valence-electron chi connectivity index (χ4n) is 9.68. The standard InChI is InChI=1S/C51H42/c1-29-21-35-13-17-41-31(3)25-45(43-19-15-37(23-29)47(35)49(41)43)33-9-7-11-39(27-33)51(5,6)40-12-8-10-34(28-40)46-26-32(4)42-18-14-36-22-30(2)24-38-16-20-44(46)50(42)48(36)38/h7-13,15-28,36H,14H2,1-6H3. The van der Waals surface area contributed by atoms with Crippen molar-refractivity contribution < 1.29 is 0 Å². The summed E-state index contributed by atoms with van der Waals surface area (Å²) in [6.07, 6.45) is 8.39. The van der Waals surface area contributed by atoms with Gasteiger partial charge in [0.1, 0.15) is 0 Å². The van der Waals surface area contributed by atoms with Crippen molar-refractivity contribution in [2.75, 3.05) is 0 Å². The molecule has 2 aliphatic rings. The molecule has 0 radical (unpaired) electrons. The van der Waals surface area contributed by atoms with Gasteiger partial charge in [-0.25, -0.2) is 0 Å². The zero-order chi connectivity index (χ0) is 34.8. The molecule has 8 aromatic rings. The molecule has 0 fully saturated rings. The summed E-state index contributed by atoms with van der Waals surface area (Å²) in [5.74, 6) is 0.467. The first kappa shape index (κ1) is 30.4. The molecule has 0 bridgehead atoms. The van der Waals surface area contributed by atoms with Crippen LogP contribution in [0.1, 0.15) is 66.5 Å². The van der Waals surface area contributed by atoms with E-state index in [1.54, 1.807) is 0 Å². The summed E-state index contributed by atoms with van der Waals surface area (Å²) in [6.45, 7) is 13.8. The zero-order valence-corrected chi connectivity index (χ0v) is 30.4. The maximum absolute atomic E-state index is 2.48. The van der Waals surface area contributed by atoms with Gasteiger partial charge in [-0.15, -0.1) is 0 Å². The third-order valence-electron chi connectivity index (χ3n) is 12.3. The molecule has 0 spiro atoms. The average molecular weight is 655 g/mol. The summed E-state index contributed by atoms with van der Waals surface area (Å²) in [5, 5.41) is 13.7. The molecule has 10 rings (SSSR count). The Kier molecular flexibility index (Phi) is 6.41. The minimum Gasteiger partial charge on any atom is -0.0754 e. The van der Waals surface area contributed by atoms with Crippen LogP contribution >= 0.6 is 0 Å². The topological polar surface area (TPSA) is 0 Å². The van der Waals surface area contributed by atoms with Crippen LogP contribution in [0.5, 0.6) is 0 Å². The van der Waals surface area contributed by atoms with Crippen molar-refractivity contribution in [3.8, 4) is 22.3 Å². The molecule has 246 valence electrons. The van der Waals surface area contributed by atoms with Gasteiger partial charge in [-0.2, -0.15) is 0 Å². The van der Waals surface area contributed by atoms with E-state index >= 15 is 0 Å². The first-order valence-electron chi connectivity index (χ1n) is 18.5. The molecule has 1 unspecified atom stereocenters. The number of hydrogen-bond acceptors (Lipinski definition) is 0. The maximum atomic E-state index is 2.48. The van der Waals surface area contributed by atoms with E-state index in [1.807, 2.05) is 0 Å². The molecule has 0 aliphatic heterocycles. The minimum atomic E-state index is -0.200. The molecule has 0 saturated carbocycles. The Hall–Kier alpha value is -5.46. The monoisotopic (exact) mass is 654 g/mol. The summed E-state index contributed by atoms with van der Waals surface area (Å²) in [6, 6.07) is 42.2. The van der Waals surface area contributed by atoms with Crippen molar-refractivity contribution in [1.82, 2.24) is 0 Å². The van der Waals surface area contributed by atoms with Crippen LogP contribution in [0.3, 0.4) is 0 Å². The number of aryl methyl sites for hydroxylation is 3. The number of allylic oxidation sites excluding steroid dienone is 2. The number of benzene rings is 8. The van der Waals surface area contributed by atoms with E-state index in [1.165, 1.54) is 115 Å². The van der Waals surface area contributed by atoms with E-state index in [-0.39, 0.29) is 5.41 Å². The van der Waals surface area contributed by atoms with E-state index in [0.717, 1.165) is 6.42 Å². The van der Waals surface area contributed by atoms with E-state index < -0.39 is 0 Å². The highest BCUT2D eigenvalue weighted by Gasteiger charge is 2.26. The van der Waals surface area contributed by atoms with Crippen molar-refractivity contribution in [2.45, 2.75) is 59.3 Å². The molecule has 0 aromatic heterocycles. The van der Waals surface area contributed by atoms with Crippen LogP contribution < -0.4 is 10.4 Å². The first-order valence-corrected chi connectivity index (χ1v) is 18.5. The van der Waals surface area contributed by atoms with E-state index in [0.29, 0.717) is 5.92 Å². The lowest BCUT2D eigenvalue weighted by molar-refractivity contribution is 0.641. The van der Waals surface area contributed by atoms with Gasteiger partial charge in [0, 0.05) is 11.3 Å². The summed E-state index contributed by atoms with van der Waals surface area (Å²) >= 11 is 0. The van der Waals surface area contributed by atoms with Crippen molar-refractivity contribution in [2.24, 2.45) is 0 Å². The van der Waals surface area contributed by atoms with Gasteiger partial charge in [0.2, 0.25) is 0 Å². The van der Waals surface area contributed by atoms with E-state index in [2.05, 4.69) is 169 Å². The van der Waals surface area contributed by atoms with Crippen molar-refractivity contribution >= 4 is 55.2 Å². The Bertz CT molecular complexity index is 2930. The quantitative estimate of drug-likeness (QED) is 0.166. The van der Waals surface area contributed by atoms with Gasteiger partial charge in [-0.1, -0.05) is 147 Å². The Labute approximate surface area is 300 Å². The Morgan fingerprint density at radius 3 is 1.86 bits per heavy atom. The van der Waals surface area contributed by atoms with Crippen LogP contribution in [0.2, 0.25) is 0 Å². The second-order valence-corrected chi connectivity index (χ2v) is 16.0. The summed E-state index contributed by atoms with van der Waals surface area (Å²) in [5.41, 5.74) is 14.6. The molecular formula is C51H42. The molecule has 0 amide bonds. The molecule has 0 heterocycles. The van der Waals surface area contributed by atoms with Crippen molar-refractivity contribution in [3.63, 3.8) is 0 Å². The predicted octanol–water partition coefficient (Wildman–Crippen LogP) is 12.3. The van der Waals surface area contributed by atoms with E-state index in [4.69, 9.17) is 0 Å². The zero-order valence-electron chi connectivity index (χ0n) is 30.4. The van der Waals surface area contributed by atoms with Gasteiger partial charge in [-0.3, -0.25) is 0 Å². The summed E-state index contributed by atoms with van der Waals surface area (Å²) in [7, 11) is 0. The van der Waals surface area contributed by atoms with Crippen LogP contribution in [0.25, 0.3) is 77.5 Å². The summed E-state index contributed by atoms with van der Waals surface area (Å²) in [4.78, 5) is 0. The summed E-state index contributed by atoms with van der Waals surface area (Å²) < 4.78 is 0. The first-order chi connectivity index (χ1) is 24.7. The Morgan fingerprint density at radius 1 is 0.569 bits per heavy atom. The van der Waals surface area contributed by atoms with E-state index in [9.17, 15) is 0 Å². The molecule has 0 N–H and O–H groups in total. The van der Waals surface area contributed by atoms with Crippen LogP contribution in [0, 0.1) is 20.8 Å². The van der Waals surface area contributed by atoms with Crippen LogP contribution in [0.4, 0.5) is 0 Å². The third-order valence-corrected chi connectivity index (χ3v) is 12.3. The molecule has 1 atom stereocenters. The molecule has 51 heavy (non-hydrogen) atoms. The van der Waals surface area contributed by atoms with Gasteiger partial charge in [0.15, 0.2) is 0 Å². The average Bonchev–Trinajstić information content (AvgIpc) is 3.13.